The number of esters is 1. The van der Waals surface area contributed by atoms with E-state index >= 15 is 0 Å². The highest BCUT2D eigenvalue weighted by Crippen LogP contribution is 2.29. The third-order valence-electron chi connectivity index (χ3n) is 3.82. The van der Waals surface area contributed by atoms with Crippen molar-refractivity contribution >= 4 is 52.4 Å². The highest BCUT2D eigenvalue weighted by molar-refractivity contribution is 6.42. The van der Waals surface area contributed by atoms with Gasteiger partial charge in [0.15, 0.2) is 6.10 Å². The van der Waals surface area contributed by atoms with Gasteiger partial charge in [-0.1, -0.05) is 35.3 Å². The summed E-state index contributed by atoms with van der Waals surface area (Å²) >= 11 is 11.7. The van der Waals surface area contributed by atoms with Crippen molar-refractivity contribution in [1.82, 2.24) is 0 Å². The second-order valence-corrected chi connectivity index (χ2v) is 6.48. The summed E-state index contributed by atoms with van der Waals surface area (Å²) < 4.78 is 5.23. The Bertz CT molecular complexity index is 901. The fourth-order valence-electron chi connectivity index (χ4n) is 2.55. The van der Waals surface area contributed by atoms with E-state index in [1.54, 1.807) is 24.3 Å². The molecule has 8 heteroatoms. The molecule has 1 heterocycles. The summed E-state index contributed by atoms with van der Waals surface area (Å²) in [5, 5.41) is 3.21. The van der Waals surface area contributed by atoms with Gasteiger partial charge in [0.05, 0.1) is 27.0 Å². The molecule has 134 valence electrons. The average molecular weight is 393 g/mol. The van der Waals surface area contributed by atoms with Gasteiger partial charge < -0.3 is 10.1 Å². The first-order valence-electron chi connectivity index (χ1n) is 7.73. The van der Waals surface area contributed by atoms with Crippen LogP contribution in [0.4, 0.5) is 11.4 Å². The average Bonchev–Trinajstić information content (AvgIpc) is 2.62. The topological polar surface area (TPSA) is 75.7 Å². The number of ether oxygens (including phenoxy) is 1. The highest BCUT2D eigenvalue weighted by Gasteiger charge is 2.31. The summed E-state index contributed by atoms with van der Waals surface area (Å²) in [4.78, 5) is 38.1. The molecule has 2 amide bonds. The number of carbonyl (C=O) groups is 3. The van der Waals surface area contributed by atoms with Crippen molar-refractivity contribution in [3.8, 4) is 0 Å². The zero-order valence-electron chi connectivity index (χ0n) is 13.7. The number of para-hydroxylation sites is 2. The number of rotatable bonds is 3. The molecule has 1 aliphatic heterocycles. The molecule has 0 bridgehead atoms. The van der Waals surface area contributed by atoms with E-state index in [0.717, 1.165) is 0 Å². The van der Waals surface area contributed by atoms with E-state index in [1.165, 1.54) is 30.0 Å². The van der Waals surface area contributed by atoms with Gasteiger partial charge in [-0.2, -0.15) is 0 Å². The Morgan fingerprint density at radius 2 is 1.88 bits per heavy atom. The van der Waals surface area contributed by atoms with Gasteiger partial charge in [-0.15, -0.1) is 0 Å². The molecule has 0 aromatic heterocycles. The second-order valence-electron chi connectivity index (χ2n) is 5.67. The largest absolute Gasteiger partial charge is 0.449 e. The number of nitrogens with one attached hydrogen (secondary N) is 1. The van der Waals surface area contributed by atoms with E-state index in [4.69, 9.17) is 27.9 Å². The molecule has 0 spiro atoms. The summed E-state index contributed by atoms with van der Waals surface area (Å²) in [6.45, 7) is 1.30. The van der Waals surface area contributed by atoms with E-state index in [1.807, 2.05) is 0 Å². The number of anilines is 2. The molecule has 2 aromatic carbocycles. The predicted molar refractivity (Wildman–Crippen MR) is 98.8 cm³/mol. The Morgan fingerprint density at radius 1 is 1.15 bits per heavy atom. The molecule has 26 heavy (non-hydrogen) atoms. The van der Waals surface area contributed by atoms with Crippen LogP contribution in [0.5, 0.6) is 0 Å². The van der Waals surface area contributed by atoms with Crippen LogP contribution in [-0.2, 0) is 14.3 Å². The molecule has 1 N–H and O–H groups in total. The van der Waals surface area contributed by atoms with E-state index in [9.17, 15) is 14.4 Å². The first-order valence-corrected chi connectivity index (χ1v) is 8.48. The lowest BCUT2D eigenvalue weighted by atomic mass is 10.1. The fourth-order valence-corrected chi connectivity index (χ4v) is 2.85. The molecule has 0 saturated heterocycles. The zero-order chi connectivity index (χ0) is 18.8. The van der Waals surface area contributed by atoms with Crippen LogP contribution >= 0.6 is 23.2 Å². The maximum Gasteiger partial charge on any atom is 0.338 e. The molecular weight excluding hydrogens is 379 g/mol. The number of fused-ring (bicyclic) bond motifs is 1. The zero-order valence-corrected chi connectivity index (χ0v) is 15.2. The first kappa shape index (κ1) is 18.2. The smallest absolute Gasteiger partial charge is 0.338 e. The molecule has 0 fully saturated rings. The van der Waals surface area contributed by atoms with Crippen molar-refractivity contribution in [1.29, 1.82) is 0 Å². The van der Waals surface area contributed by atoms with Crippen molar-refractivity contribution in [2.45, 2.75) is 13.0 Å². The van der Waals surface area contributed by atoms with Crippen molar-refractivity contribution in [3.05, 3.63) is 58.1 Å². The molecule has 1 atom stereocenters. The number of nitrogens with zero attached hydrogens (tertiary/aromatic N) is 1. The summed E-state index contributed by atoms with van der Waals surface area (Å²) in [7, 11) is 0. The first-order chi connectivity index (χ1) is 12.4. The highest BCUT2D eigenvalue weighted by atomic mass is 35.5. The standard InChI is InChI=1S/C18H14Cl2N2O4/c1-10(26-18(25)11-6-7-12(19)13(20)8-11)17(24)22-9-16(23)21-14-4-2-3-5-15(14)22/h2-8,10H,9H2,1H3,(H,21,23)/t10-/m0/s1. The molecule has 3 rings (SSSR count). The molecule has 6 nitrogen and oxygen atoms in total. The Hall–Kier alpha value is -2.57. The van der Waals surface area contributed by atoms with Crippen LogP contribution in [0.25, 0.3) is 0 Å². The maximum atomic E-state index is 12.7. The van der Waals surface area contributed by atoms with E-state index in [0.29, 0.717) is 16.4 Å². The van der Waals surface area contributed by atoms with Gasteiger partial charge in [-0.25, -0.2) is 4.79 Å². The van der Waals surface area contributed by atoms with E-state index in [2.05, 4.69) is 5.32 Å². The second kappa shape index (κ2) is 7.35. The number of hydrogen-bond acceptors (Lipinski definition) is 4. The Balaban J connectivity index is 1.76. The number of halogens is 2. The van der Waals surface area contributed by atoms with Gasteiger partial charge in [0, 0.05) is 0 Å². The van der Waals surface area contributed by atoms with Crippen molar-refractivity contribution in [3.63, 3.8) is 0 Å². The molecular formula is C18H14Cl2N2O4. The van der Waals surface area contributed by atoms with Crippen molar-refractivity contribution in [2.24, 2.45) is 0 Å². The van der Waals surface area contributed by atoms with Gasteiger partial charge >= 0.3 is 5.97 Å². The van der Waals surface area contributed by atoms with Crippen molar-refractivity contribution in [2.75, 3.05) is 16.8 Å². The number of carbonyl (C=O) groups excluding carboxylic acids is 3. The van der Waals surface area contributed by atoms with Crippen LogP contribution in [0.3, 0.4) is 0 Å². The van der Waals surface area contributed by atoms with Gasteiger partial charge in [-0.05, 0) is 37.3 Å². The molecule has 0 unspecified atom stereocenters. The molecule has 0 radical (unpaired) electrons. The lowest BCUT2D eigenvalue weighted by molar-refractivity contribution is -0.128. The third kappa shape index (κ3) is 3.66. The van der Waals surface area contributed by atoms with Gasteiger partial charge in [0.1, 0.15) is 6.54 Å². The van der Waals surface area contributed by atoms with Crippen LogP contribution in [0.2, 0.25) is 10.0 Å². The Morgan fingerprint density at radius 3 is 2.62 bits per heavy atom. The lowest BCUT2D eigenvalue weighted by Crippen LogP contribution is -2.47. The molecule has 0 aliphatic carbocycles. The van der Waals surface area contributed by atoms with Crippen LogP contribution < -0.4 is 10.2 Å². The third-order valence-corrected chi connectivity index (χ3v) is 4.56. The maximum absolute atomic E-state index is 12.7. The van der Waals surface area contributed by atoms with E-state index in [-0.39, 0.29) is 23.0 Å². The molecule has 0 saturated carbocycles. The SMILES string of the molecule is C[C@H](OC(=O)c1ccc(Cl)c(Cl)c1)C(=O)N1CC(=O)Nc2ccccc21. The minimum Gasteiger partial charge on any atom is -0.449 e. The van der Waals surface area contributed by atoms with Gasteiger partial charge in [-0.3, -0.25) is 14.5 Å². The van der Waals surface area contributed by atoms with E-state index < -0.39 is 18.0 Å². The fraction of sp³-hybridized carbons (Fsp3) is 0.167. The van der Waals surface area contributed by atoms with Crippen LogP contribution in [-0.4, -0.2) is 30.4 Å². The number of amides is 2. The predicted octanol–water partition coefficient (Wildman–Crippen LogP) is 3.52. The molecule has 2 aromatic rings. The monoisotopic (exact) mass is 392 g/mol. The summed E-state index contributed by atoms with van der Waals surface area (Å²) in [5.74, 6) is -1.53. The number of hydrogen-bond donors (Lipinski definition) is 1. The summed E-state index contributed by atoms with van der Waals surface area (Å²) in [6, 6.07) is 11.2. The van der Waals surface area contributed by atoms with Crippen molar-refractivity contribution < 1.29 is 19.1 Å². The minimum absolute atomic E-state index is 0.148. The Kier molecular flexibility index (Phi) is 5.15. The quantitative estimate of drug-likeness (QED) is 0.810. The van der Waals surface area contributed by atoms with Crippen LogP contribution in [0.15, 0.2) is 42.5 Å². The number of benzene rings is 2. The minimum atomic E-state index is -1.09. The van der Waals surface area contributed by atoms with Gasteiger partial charge in [0.25, 0.3) is 5.91 Å². The normalized spacial score (nSPS) is 14.3. The lowest BCUT2D eigenvalue weighted by Gasteiger charge is -2.30. The summed E-state index contributed by atoms with van der Waals surface area (Å²) in [5.41, 5.74) is 1.26. The summed E-state index contributed by atoms with van der Waals surface area (Å²) in [6.07, 6.45) is -1.09. The molecule has 1 aliphatic rings. The van der Waals surface area contributed by atoms with Crippen LogP contribution in [0.1, 0.15) is 17.3 Å². The van der Waals surface area contributed by atoms with Crippen LogP contribution in [0, 0.1) is 0 Å². The Labute approximate surface area is 159 Å². The van der Waals surface area contributed by atoms with Gasteiger partial charge in [0.2, 0.25) is 5.91 Å².